The van der Waals surface area contributed by atoms with E-state index < -0.39 is 0 Å². The minimum absolute atomic E-state index is 0.741. The first-order chi connectivity index (χ1) is 8.08. The quantitative estimate of drug-likeness (QED) is 0.759. The van der Waals surface area contributed by atoms with E-state index in [1.165, 1.54) is 6.42 Å². The Morgan fingerprint density at radius 1 is 1.29 bits per heavy atom. The molecule has 3 heteroatoms. The van der Waals surface area contributed by atoms with Crippen LogP contribution in [0.25, 0.3) is 0 Å². The Morgan fingerprint density at radius 3 is 2.71 bits per heavy atom. The monoisotopic (exact) mass is 299 g/mol. The first kappa shape index (κ1) is 14.5. The second-order valence-electron chi connectivity index (χ2n) is 4.79. The van der Waals surface area contributed by atoms with Gasteiger partial charge in [-0.15, -0.1) is 0 Å². The van der Waals surface area contributed by atoms with Crippen LogP contribution in [0.3, 0.4) is 0 Å². The predicted octanol–water partition coefficient (Wildman–Crippen LogP) is 3.81. The van der Waals surface area contributed by atoms with Crippen LogP contribution in [0.4, 0.5) is 0 Å². The van der Waals surface area contributed by atoms with Gasteiger partial charge in [0.1, 0.15) is 12.4 Å². The van der Waals surface area contributed by atoms with Gasteiger partial charge in [0.05, 0.1) is 0 Å². The summed E-state index contributed by atoms with van der Waals surface area (Å²) < 4.78 is 6.75. The molecule has 96 valence electrons. The zero-order chi connectivity index (χ0) is 12.7. The van der Waals surface area contributed by atoms with Crippen LogP contribution in [0.5, 0.6) is 5.75 Å². The maximum Gasteiger partial charge on any atom is 0.120 e. The molecule has 0 spiro atoms. The molecular formula is C14H22BrNO. The Labute approximate surface area is 113 Å². The van der Waals surface area contributed by atoms with Crippen LogP contribution in [-0.2, 0) is 0 Å². The van der Waals surface area contributed by atoms with Crippen LogP contribution in [-0.4, -0.2) is 31.6 Å². The van der Waals surface area contributed by atoms with Crippen molar-refractivity contribution in [3.63, 3.8) is 0 Å². The Kier molecular flexibility index (Phi) is 6.60. The number of likely N-dealkylation sites (N-methyl/N-ethyl adjacent to an activating group) is 1. The summed E-state index contributed by atoms with van der Waals surface area (Å²) in [5, 5.41) is 0. The standard InChI is InChI=1S/C14H22BrNO/c1-12(2)7-8-16(3)9-10-17-14-6-4-5-13(15)11-14/h4-6,11-12H,7-10H2,1-3H3. The molecule has 0 bridgehead atoms. The van der Waals surface area contributed by atoms with E-state index in [2.05, 4.69) is 41.7 Å². The van der Waals surface area contributed by atoms with Gasteiger partial charge in [-0.3, -0.25) is 0 Å². The van der Waals surface area contributed by atoms with E-state index in [9.17, 15) is 0 Å². The normalized spacial score (nSPS) is 11.2. The fourth-order valence-electron chi connectivity index (χ4n) is 1.47. The average Bonchev–Trinajstić information content (AvgIpc) is 2.26. The number of rotatable bonds is 7. The van der Waals surface area contributed by atoms with E-state index in [1.807, 2.05) is 24.3 Å². The largest absolute Gasteiger partial charge is 0.492 e. The SMILES string of the molecule is CC(C)CCN(C)CCOc1cccc(Br)c1. The lowest BCUT2D eigenvalue weighted by Gasteiger charge is -2.18. The summed E-state index contributed by atoms with van der Waals surface area (Å²) in [4.78, 5) is 2.32. The molecule has 2 nitrogen and oxygen atoms in total. The fraction of sp³-hybridized carbons (Fsp3) is 0.571. The van der Waals surface area contributed by atoms with Gasteiger partial charge in [-0.05, 0) is 44.1 Å². The summed E-state index contributed by atoms with van der Waals surface area (Å²) in [6.45, 7) is 7.36. The zero-order valence-corrected chi connectivity index (χ0v) is 12.5. The molecule has 0 fully saturated rings. The summed E-state index contributed by atoms with van der Waals surface area (Å²) in [6, 6.07) is 7.97. The lowest BCUT2D eigenvalue weighted by molar-refractivity contribution is 0.230. The van der Waals surface area contributed by atoms with E-state index in [0.29, 0.717) is 0 Å². The highest BCUT2D eigenvalue weighted by Crippen LogP contribution is 2.17. The van der Waals surface area contributed by atoms with Crippen molar-refractivity contribution in [3.05, 3.63) is 28.7 Å². The number of nitrogens with zero attached hydrogens (tertiary/aromatic N) is 1. The molecule has 17 heavy (non-hydrogen) atoms. The molecule has 0 aromatic heterocycles. The summed E-state index contributed by atoms with van der Waals surface area (Å²) in [5.74, 6) is 1.69. The Balaban J connectivity index is 2.19. The molecule has 1 aromatic carbocycles. The molecule has 0 aliphatic heterocycles. The summed E-state index contributed by atoms with van der Waals surface area (Å²) in [5.41, 5.74) is 0. The van der Waals surface area contributed by atoms with Crippen LogP contribution in [0.1, 0.15) is 20.3 Å². The van der Waals surface area contributed by atoms with Gasteiger partial charge in [0.25, 0.3) is 0 Å². The van der Waals surface area contributed by atoms with Crippen molar-refractivity contribution >= 4 is 15.9 Å². The lowest BCUT2D eigenvalue weighted by atomic mass is 10.1. The van der Waals surface area contributed by atoms with Gasteiger partial charge in [-0.2, -0.15) is 0 Å². The smallest absolute Gasteiger partial charge is 0.120 e. The summed E-state index contributed by atoms with van der Waals surface area (Å²) in [7, 11) is 2.15. The van der Waals surface area contributed by atoms with Crippen molar-refractivity contribution in [1.82, 2.24) is 4.90 Å². The topological polar surface area (TPSA) is 12.5 Å². The van der Waals surface area contributed by atoms with Gasteiger partial charge in [-0.25, -0.2) is 0 Å². The highest BCUT2D eigenvalue weighted by molar-refractivity contribution is 9.10. The summed E-state index contributed by atoms with van der Waals surface area (Å²) >= 11 is 3.43. The Bertz CT molecular complexity index is 328. The molecule has 0 amide bonds. The molecule has 1 rings (SSSR count). The first-order valence-corrected chi connectivity index (χ1v) is 6.94. The first-order valence-electron chi connectivity index (χ1n) is 6.15. The number of ether oxygens (including phenoxy) is 1. The van der Waals surface area contributed by atoms with Gasteiger partial charge in [-0.1, -0.05) is 35.8 Å². The van der Waals surface area contributed by atoms with E-state index in [-0.39, 0.29) is 0 Å². The maximum atomic E-state index is 5.69. The van der Waals surface area contributed by atoms with Crippen LogP contribution in [0, 0.1) is 5.92 Å². The van der Waals surface area contributed by atoms with Crippen LogP contribution >= 0.6 is 15.9 Å². The van der Waals surface area contributed by atoms with Crippen molar-refractivity contribution in [2.75, 3.05) is 26.7 Å². The third-order valence-corrected chi connectivity index (χ3v) is 3.12. The summed E-state index contributed by atoms with van der Waals surface area (Å²) in [6.07, 6.45) is 1.24. The molecule has 0 aliphatic carbocycles. The maximum absolute atomic E-state index is 5.69. The molecule has 0 aliphatic rings. The Hall–Kier alpha value is -0.540. The van der Waals surface area contributed by atoms with Crippen molar-refractivity contribution in [1.29, 1.82) is 0 Å². The van der Waals surface area contributed by atoms with Crippen molar-refractivity contribution in [2.24, 2.45) is 5.92 Å². The molecule has 0 radical (unpaired) electrons. The molecule has 1 aromatic rings. The van der Waals surface area contributed by atoms with Crippen molar-refractivity contribution in [3.8, 4) is 5.75 Å². The van der Waals surface area contributed by atoms with E-state index >= 15 is 0 Å². The van der Waals surface area contributed by atoms with Gasteiger partial charge in [0.2, 0.25) is 0 Å². The molecule has 0 unspecified atom stereocenters. The van der Waals surface area contributed by atoms with Crippen LogP contribution in [0.2, 0.25) is 0 Å². The predicted molar refractivity (Wildman–Crippen MR) is 76.6 cm³/mol. The molecule has 0 N–H and O–H groups in total. The third kappa shape index (κ3) is 6.69. The lowest BCUT2D eigenvalue weighted by Crippen LogP contribution is -2.26. The van der Waals surface area contributed by atoms with E-state index in [1.54, 1.807) is 0 Å². The Morgan fingerprint density at radius 2 is 2.06 bits per heavy atom. The third-order valence-electron chi connectivity index (χ3n) is 2.63. The molecule has 0 saturated heterocycles. The van der Waals surface area contributed by atoms with Gasteiger partial charge in [0, 0.05) is 11.0 Å². The number of hydrogen-bond donors (Lipinski definition) is 0. The molecule has 0 atom stereocenters. The van der Waals surface area contributed by atoms with E-state index in [4.69, 9.17) is 4.74 Å². The molecule has 0 heterocycles. The number of benzene rings is 1. The highest BCUT2D eigenvalue weighted by Gasteiger charge is 2.01. The zero-order valence-electron chi connectivity index (χ0n) is 10.9. The van der Waals surface area contributed by atoms with Crippen LogP contribution < -0.4 is 4.74 Å². The van der Waals surface area contributed by atoms with Gasteiger partial charge in [0.15, 0.2) is 0 Å². The molecule has 0 saturated carbocycles. The average molecular weight is 300 g/mol. The van der Waals surface area contributed by atoms with Crippen LogP contribution in [0.15, 0.2) is 28.7 Å². The fourth-order valence-corrected chi connectivity index (χ4v) is 1.84. The highest BCUT2D eigenvalue weighted by atomic mass is 79.9. The van der Waals surface area contributed by atoms with Gasteiger partial charge < -0.3 is 9.64 Å². The second kappa shape index (κ2) is 7.72. The minimum Gasteiger partial charge on any atom is -0.492 e. The van der Waals surface area contributed by atoms with Crippen molar-refractivity contribution in [2.45, 2.75) is 20.3 Å². The van der Waals surface area contributed by atoms with E-state index in [0.717, 1.165) is 35.8 Å². The van der Waals surface area contributed by atoms with Crippen molar-refractivity contribution < 1.29 is 4.74 Å². The number of halogens is 1. The minimum atomic E-state index is 0.741. The molecular weight excluding hydrogens is 278 g/mol. The number of hydrogen-bond acceptors (Lipinski definition) is 2. The van der Waals surface area contributed by atoms with Gasteiger partial charge >= 0.3 is 0 Å². The second-order valence-corrected chi connectivity index (χ2v) is 5.71.